The van der Waals surface area contributed by atoms with Crippen molar-refractivity contribution >= 4 is 17.0 Å². The Labute approximate surface area is 235 Å². The highest BCUT2D eigenvalue weighted by atomic mass is 16.5. The lowest BCUT2D eigenvalue weighted by molar-refractivity contribution is 0.0474. The topological polar surface area (TPSA) is 112 Å². The van der Waals surface area contributed by atoms with E-state index in [1.54, 1.807) is 12.1 Å². The molecule has 41 heavy (non-hydrogen) atoms. The molecule has 0 saturated carbocycles. The Morgan fingerprint density at radius 3 is 2.37 bits per heavy atom. The number of para-hydroxylation sites is 1. The van der Waals surface area contributed by atoms with Crippen molar-refractivity contribution in [2.45, 2.75) is 20.1 Å². The van der Waals surface area contributed by atoms with Crippen LogP contribution in [0.2, 0.25) is 0 Å². The van der Waals surface area contributed by atoms with Crippen LogP contribution in [0.5, 0.6) is 6.01 Å². The molecule has 0 atom stereocenters. The van der Waals surface area contributed by atoms with Crippen LogP contribution in [0.25, 0.3) is 33.5 Å². The molecule has 204 valence electrons. The summed E-state index contributed by atoms with van der Waals surface area (Å²) < 4.78 is 18.1. The number of H-pyrrole nitrogens is 1. The fourth-order valence-corrected chi connectivity index (χ4v) is 4.78. The maximum atomic E-state index is 13.2. The van der Waals surface area contributed by atoms with Gasteiger partial charge >= 0.3 is 11.7 Å². The molecule has 0 radical (unpaired) electrons. The first-order valence-corrected chi connectivity index (χ1v) is 13.2. The van der Waals surface area contributed by atoms with E-state index in [0.717, 1.165) is 27.8 Å². The molecule has 0 fully saturated rings. The van der Waals surface area contributed by atoms with Crippen molar-refractivity contribution in [3.63, 3.8) is 0 Å². The summed E-state index contributed by atoms with van der Waals surface area (Å²) >= 11 is 0. The molecule has 0 bridgehead atoms. The summed E-state index contributed by atoms with van der Waals surface area (Å²) in [6.45, 7) is 2.92. The average molecular weight is 547 g/mol. The number of fused-ring (bicyclic) bond motifs is 1. The van der Waals surface area contributed by atoms with Gasteiger partial charge in [0.15, 0.2) is 5.82 Å². The van der Waals surface area contributed by atoms with Gasteiger partial charge in [0.2, 0.25) is 0 Å². The summed E-state index contributed by atoms with van der Waals surface area (Å²) in [5, 5.41) is 3.84. The van der Waals surface area contributed by atoms with Crippen molar-refractivity contribution < 1.29 is 18.8 Å². The first-order chi connectivity index (χ1) is 20.1. The van der Waals surface area contributed by atoms with E-state index in [1.807, 2.05) is 96.4 Å². The molecule has 9 nitrogen and oxygen atoms in total. The van der Waals surface area contributed by atoms with E-state index < -0.39 is 11.7 Å². The van der Waals surface area contributed by atoms with Crippen LogP contribution in [0, 0.1) is 0 Å². The summed E-state index contributed by atoms with van der Waals surface area (Å²) in [4.78, 5) is 32.0. The molecule has 4 aromatic carbocycles. The molecule has 0 aliphatic heterocycles. The summed E-state index contributed by atoms with van der Waals surface area (Å²) in [6, 6.07) is 31.1. The molecule has 0 spiro atoms. The lowest BCUT2D eigenvalue weighted by atomic mass is 9.98. The molecular weight excluding hydrogens is 520 g/mol. The molecule has 0 saturated heterocycles. The third-order valence-electron chi connectivity index (χ3n) is 6.67. The van der Waals surface area contributed by atoms with E-state index in [1.165, 1.54) is 0 Å². The number of ether oxygens (including phenoxy) is 2. The monoisotopic (exact) mass is 546 g/mol. The summed E-state index contributed by atoms with van der Waals surface area (Å²) in [5.41, 5.74) is 6.21. The average Bonchev–Trinajstić information content (AvgIpc) is 3.60. The Morgan fingerprint density at radius 1 is 0.878 bits per heavy atom. The molecule has 2 heterocycles. The van der Waals surface area contributed by atoms with Gasteiger partial charge < -0.3 is 9.47 Å². The largest absolute Gasteiger partial charge is 0.465 e. The van der Waals surface area contributed by atoms with Crippen LogP contribution < -0.4 is 10.5 Å². The highest BCUT2D eigenvalue weighted by Crippen LogP contribution is 2.31. The Balaban J connectivity index is 1.32. The van der Waals surface area contributed by atoms with Gasteiger partial charge in [-0.1, -0.05) is 90.1 Å². The van der Waals surface area contributed by atoms with E-state index >= 15 is 0 Å². The van der Waals surface area contributed by atoms with Gasteiger partial charge in [-0.15, -0.1) is 0 Å². The second-order valence-electron chi connectivity index (χ2n) is 9.33. The zero-order chi connectivity index (χ0) is 28.2. The smallest absolute Gasteiger partial charge is 0.439 e. The minimum absolute atomic E-state index is 0.174. The van der Waals surface area contributed by atoms with Crippen LogP contribution in [-0.4, -0.2) is 32.3 Å². The number of carbonyl (C=O) groups excluding carboxylic acids is 1. The lowest BCUT2D eigenvalue weighted by Crippen LogP contribution is -2.10. The van der Waals surface area contributed by atoms with Gasteiger partial charge in [0, 0.05) is 5.56 Å². The number of esters is 1. The van der Waals surface area contributed by atoms with Crippen LogP contribution in [0.3, 0.4) is 0 Å². The molecule has 0 unspecified atom stereocenters. The number of rotatable bonds is 9. The molecule has 9 heteroatoms. The molecule has 1 N–H and O–H groups in total. The fraction of sp³-hybridized carbons (Fsp3) is 0.125. The Kier molecular flexibility index (Phi) is 7.15. The van der Waals surface area contributed by atoms with Gasteiger partial charge in [-0.25, -0.2) is 9.59 Å². The van der Waals surface area contributed by atoms with Crippen LogP contribution in [0.1, 0.15) is 28.4 Å². The van der Waals surface area contributed by atoms with E-state index in [0.29, 0.717) is 41.6 Å². The van der Waals surface area contributed by atoms with Crippen molar-refractivity contribution in [3.8, 4) is 28.5 Å². The number of aromatic nitrogens is 4. The van der Waals surface area contributed by atoms with Crippen molar-refractivity contribution in [2.24, 2.45) is 0 Å². The van der Waals surface area contributed by atoms with Crippen molar-refractivity contribution in [1.29, 1.82) is 0 Å². The van der Waals surface area contributed by atoms with E-state index in [2.05, 4.69) is 15.1 Å². The SMILES string of the molecule is CCOc1nc2cccc(C(=O)OCc3ccccc3)c2n1Cc1ccc(-c2ccccc2-c2noc(=O)[nH]2)cc1. The van der Waals surface area contributed by atoms with Crippen molar-refractivity contribution in [1.82, 2.24) is 19.7 Å². The Morgan fingerprint density at radius 2 is 1.63 bits per heavy atom. The fourth-order valence-electron chi connectivity index (χ4n) is 4.78. The highest BCUT2D eigenvalue weighted by Gasteiger charge is 2.21. The third-order valence-corrected chi connectivity index (χ3v) is 6.67. The van der Waals surface area contributed by atoms with Gasteiger partial charge in [0.1, 0.15) is 6.61 Å². The minimum atomic E-state index is -0.605. The van der Waals surface area contributed by atoms with Gasteiger partial charge in [-0.05, 0) is 41.3 Å². The standard InChI is InChI=1S/C32H26N4O5/c1-2-39-31-33-27-14-8-13-26(30(37)40-20-22-9-4-3-5-10-22)28(27)36(31)19-21-15-17-23(18-16-21)24-11-6-7-12-25(24)29-34-32(38)41-35-29/h3-18H,2,19-20H2,1H3,(H,34,35,38). The maximum Gasteiger partial charge on any atom is 0.439 e. The zero-order valence-corrected chi connectivity index (χ0v) is 22.2. The van der Waals surface area contributed by atoms with Crippen LogP contribution >= 0.6 is 0 Å². The summed E-state index contributed by atoms with van der Waals surface area (Å²) in [7, 11) is 0. The van der Waals surface area contributed by atoms with Crippen molar-refractivity contribution in [2.75, 3.05) is 6.61 Å². The summed E-state index contributed by atoms with van der Waals surface area (Å²) in [5.74, 6) is -0.666. The normalized spacial score (nSPS) is 11.0. The Hall–Kier alpha value is -5.44. The van der Waals surface area contributed by atoms with E-state index in [4.69, 9.17) is 14.0 Å². The lowest BCUT2D eigenvalue weighted by Gasteiger charge is -2.13. The quantitative estimate of drug-likeness (QED) is 0.226. The first kappa shape index (κ1) is 25.8. The number of hydrogen-bond acceptors (Lipinski definition) is 7. The second-order valence-corrected chi connectivity index (χ2v) is 9.33. The van der Waals surface area contributed by atoms with E-state index in [9.17, 15) is 9.59 Å². The van der Waals surface area contributed by atoms with Crippen molar-refractivity contribution in [3.05, 3.63) is 124 Å². The van der Waals surface area contributed by atoms with Gasteiger partial charge in [0.05, 0.1) is 29.7 Å². The predicted molar refractivity (Wildman–Crippen MR) is 154 cm³/mol. The number of hydrogen-bond donors (Lipinski definition) is 1. The molecular formula is C32H26N4O5. The number of carbonyl (C=O) groups is 1. The zero-order valence-electron chi connectivity index (χ0n) is 22.2. The number of aromatic amines is 1. The number of benzene rings is 4. The number of imidazole rings is 1. The van der Waals surface area contributed by atoms with E-state index in [-0.39, 0.29) is 6.61 Å². The number of nitrogens with one attached hydrogen (secondary N) is 1. The van der Waals surface area contributed by atoms with Crippen LogP contribution in [-0.2, 0) is 17.9 Å². The third kappa shape index (κ3) is 5.38. The highest BCUT2D eigenvalue weighted by molar-refractivity contribution is 6.02. The second kappa shape index (κ2) is 11.4. The minimum Gasteiger partial charge on any atom is -0.465 e. The maximum absolute atomic E-state index is 13.2. The predicted octanol–water partition coefficient (Wildman–Crippen LogP) is 5.85. The molecule has 0 aliphatic carbocycles. The molecule has 0 amide bonds. The number of nitrogens with zero attached hydrogens (tertiary/aromatic N) is 3. The summed E-state index contributed by atoms with van der Waals surface area (Å²) in [6.07, 6.45) is 0. The molecule has 6 rings (SSSR count). The molecule has 6 aromatic rings. The van der Waals surface area contributed by atoms with Gasteiger partial charge in [-0.2, -0.15) is 4.98 Å². The molecule has 0 aliphatic rings. The first-order valence-electron chi connectivity index (χ1n) is 13.2. The van der Waals surface area contributed by atoms with Gasteiger partial charge in [0.25, 0.3) is 6.01 Å². The Bertz CT molecular complexity index is 1870. The molecule has 2 aromatic heterocycles. The van der Waals surface area contributed by atoms with Crippen LogP contribution in [0.15, 0.2) is 106 Å². The van der Waals surface area contributed by atoms with Crippen LogP contribution in [0.4, 0.5) is 0 Å². The van der Waals surface area contributed by atoms with Gasteiger partial charge in [-0.3, -0.25) is 14.1 Å².